The normalized spacial score (nSPS) is 21.4. The Morgan fingerprint density at radius 3 is 2.62 bits per heavy atom. The maximum Gasteiger partial charge on any atom is 0.335 e. The molecule has 0 spiro atoms. The van der Waals surface area contributed by atoms with E-state index in [0.29, 0.717) is 0 Å². The molecule has 0 aromatic heterocycles. The maximum absolute atomic E-state index is 12.4. The molecule has 116 valence electrons. The first-order valence-electron chi connectivity index (χ1n) is 6.66. The first-order valence-corrected chi connectivity index (χ1v) is 8.52. The number of aromatic carboxylic acids is 1. The van der Waals surface area contributed by atoms with Gasteiger partial charge in [-0.25, -0.2) is 17.9 Å². The lowest BCUT2D eigenvalue weighted by Crippen LogP contribution is -2.33. The summed E-state index contributed by atoms with van der Waals surface area (Å²) in [5, 5.41) is 8.98. The van der Waals surface area contributed by atoms with Gasteiger partial charge in [-0.1, -0.05) is 25.4 Å². The second-order valence-electron chi connectivity index (χ2n) is 6.18. The van der Waals surface area contributed by atoms with Crippen LogP contribution in [0.15, 0.2) is 23.1 Å². The van der Waals surface area contributed by atoms with Crippen LogP contribution in [0.2, 0.25) is 5.02 Å². The topological polar surface area (TPSA) is 83.5 Å². The van der Waals surface area contributed by atoms with Crippen molar-refractivity contribution in [3.63, 3.8) is 0 Å². The number of rotatable bonds is 4. The van der Waals surface area contributed by atoms with Gasteiger partial charge in [0.05, 0.1) is 10.6 Å². The number of nitrogens with one attached hydrogen (secondary N) is 1. The van der Waals surface area contributed by atoms with E-state index in [0.717, 1.165) is 25.3 Å². The van der Waals surface area contributed by atoms with Crippen molar-refractivity contribution in [2.45, 2.75) is 44.0 Å². The molecule has 1 aliphatic carbocycles. The van der Waals surface area contributed by atoms with Crippen LogP contribution >= 0.6 is 11.6 Å². The van der Waals surface area contributed by atoms with Crippen molar-refractivity contribution < 1.29 is 18.3 Å². The fraction of sp³-hybridized carbons (Fsp3) is 0.500. The Bertz CT molecular complexity index is 670. The smallest absolute Gasteiger partial charge is 0.335 e. The van der Waals surface area contributed by atoms with Crippen LogP contribution in [-0.4, -0.2) is 25.5 Å². The molecule has 1 saturated carbocycles. The van der Waals surface area contributed by atoms with E-state index in [9.17, 15) is 13.2 Å². The maximum atomic E-state index is 12.4. The van der Waals surface area contributed by atoms with E-state index in [2.05, 4.69) is 18.6 Å². The van der Waals surface area contributed by atoms with Crippen LogP contribution in [0.1, 0.15) is 43.5 Å². The van der Waals surface area contributed by atoms with E-state index in [-0.39, 0.29) is 26.9 Å². The summed E-state index contributed by atoms with van der Waals surface area (Å²) in [4.78, 5) is 10.8. The van der Waals surface area contributed by atoms with Crippen LogP contribution in [0.4, 0.5) is 0 Å². The molecule has 0 aliphatic heterocycles. The van der Waals surface area contributed by atoms with E-state index in [4.69, 9.17) is 16.7 Å². The summed E-state index contributed by atoms with van der Waals surface area (Å²) >= 11 is 5.91. The summed E-state index contributed by atoms with van der Waals surface area (Å²) in [5.41, 5.74) is 0.00594. The lowest BCUT2D eigenvalue weighted by Gasteiger charge is -2.18. The van der Waals surface area contributed by atoms with Gasteiger partial charge >= 0.3 is 5.97 Å². The van der Waals surface area contributed by atoms with E-state index >= 15 is 0 Å². The Hall–Kier alpha value is -1.11. The molecule has 7 heteroatoms. The Balaban J connectivity index is 2.28. The fourth-order valence-electron chi connectivity index (χ4n) is 2.66. The number of sulfonamides is 1. The van der Waals surface area contributed by atoms with Crippen molar-refractivity contribution >= 4 is 27.6 Å². The molecule has 21 heavy (non-hydrogen) atoms. The highest BCUT2D eigenvalue weighted by molar-refractivity contribution is 7.89. The highest BCUT2D eigenvalue weighted by Gasteiger charge is 2.34. The zero-order valence-electron chi connectivity index (χ0n) is 11.9. The highest BCUT2D eigenvalue weighted by atomic mass is 35.5. The molecule has 0 heterocycles. The number of halogens is 1. The van der Waals surface area contributed by atoms with Crippen LogP contribution in [0.5, 0.6) is 0 Å². The predicted molar refractivity (Wildman–Crippen MR) is 80.2 cm³/mol. The molecule has 0 saturated heterocycles. The van der Waals surface area contributed by atoms with Crippen molar-refractivity contribution in [2.75, 3.05) is 0 Å². The molecule has 0 amide bonds. The van der Waals surface area contributed by atoms with Gasteiger partial charge in [0.1, 0.15) is 4.90 Å². The number of hydrogen-bond acceptors (Lipinski definition) is 3. The predicted octanol–water partition coefficient (Wildman–Crippen LogP) is 2.90. The van der Waals surface area contributed by atoms with Crippen molar-refractivity contribution in [1.82, 2.24) is 4.72 Å². The molecular formula is C14H18ClNO4S. The lowest BCUT2D eigenvalue weighted by atomic mass is 9.92. The standard InChI is InChI=1S/C14H18ClNO4S/c1-14(2)6-5-10(8-14)16-21(19,20)12-7-9(13(17)18)3-4-11(12)15/h3-4,7,10,16H,5-6,8H2,1-2H3,(H,17,18). The monoisotopic (exact) mass is 331 g/mol. The van der Waals surface area contributed by atoms with Gasteiger partial charge in [0.25, 0.3) is 0 Å². The molecule has 2 N–H and O–H groups in total. The van der Waals surface area contributed by atoms with Crippen molar-refractivity contribution in [1.29, 1.82) is 0 Å². The lowest BCUT2D eigenvalue weighted by molar-refractivity contribution is 0.0696. The summed E-state index contributed by atoms with van der Waals surface area (Å²) in [5.74, 6) is -1.19. The molecule has 5 nitrogen and oxygen atoms in total. The van der Waals surface area contributed by atoms with Gasteiger partial charge < -0.3 is 5.11 Å². The van der Waals surface area contributed by atoms with Gasteiger partial charge in [-0.15, -0.1) is 0 Å². The largest absolute Gasteiger partial charge is 0.478 e. The second kappa shape index (κ2) is 5.59. The van der Waals surface area contributed by atoms with Crippen LogP contribution in [0, 0.1) is 5.41 Å². The Morgan fingerprint density at radius 1 is 1.43 bits per heavy atom. The molecule has 1 aromatic carbocycles. The third kappa shape index (κ3) is 3.75. The number of carboxylic acid groups (broad SMARTS) is 1. The first kappa shape index (κ1) is 16.3. The van der Waals surface area contributed by atoms with Crippen LogP contribution in [-0.2, 0) is 10.0 Å². The van der Waals surface area contributed by atoms with E-state index < -0.39 is 16.0 Å². The van der Waals surface area contributed by atoms with E-state index in [1.807, 2.05) is 0 Å². The zero-order chi connectivity index (χ0) is 15.8. The summed E-state index contributed by atoms with van der Waals surface area (Å²) < 4.78 is 27.4. The Morgan fingerprint density at radius 2 is 2.10 bits per heavy atom. The summed E-state index contributed by atoms with van der Waals surface area (Å²) in [7, 11) is -3.83. The molecule has 0 bridgehead atoms. The Kier molecular flexibility index (Phi) is 4.33. The zero-order valence-corrected chi connectivity index (χ0v) is 13.5. The van der Waals surface area contributed by atoms with Gasteiger partial charge in [0.2, 0.25) is 10.0 Å². The van der Waals surface area contributed by atoms with Gasteiger partial charge in [0.15, 0.2) is 0 Å². The minimum Gasteiger partial charge on any atom is -0.478 e. The summed E-state index contributed by atoms with van der Waals surface area (Å²) in [6, 6.07) is 3.52. The second-order valence-corrected chi connectivity index (χ2v) is 8.27. The van der Waals surface area contributed by atoms with Crippen LogP contribution in [0.3, 0.4) is 0 Å². The first-order chi connectivity index (χ1) is 9.61. The molecular weight excluding hydrogens is 314 g/mol. The third-order valence-electron chi connectivity index (χ3n) is 3.76. The molecule has 1 fully saturated rings. The summed E-state index contributed by atoms with van der Waals surface area (Å²) in [6.45, 7) is 4.19. The fourth-order valence-corrected chi connectivity index (χ4v) is 4.46. The van der Waals surface area contributed by atoms with Crippen LogP contribution in [0.25, 0.3) is 0 Å². The molecule has 1 atom stereocenters. The van der Waals surface area contributed by atoms with Crippen molar-refractivity contribution in [3.05, 3.63) is 28.8 Å². The van der Waals surface area contributed by atoms with Crippen LogP contribution < -0.4 is 4.72 Å². The molecule has 1 unspecified atom stereocenters. The van der Waals surface area contributed by atoms with Gasteiger partial charge in [0, 0.05) is 6.04 Å². The number of benzene rings is 1. The molecule has 1 aliphatic rings. The molecule has 1 aromatic rings. The minimum absolute atomic E-state index is 0.0183. The van der Waals surface area contributed by atoms with Crippen molar-refractivity contribution in [3.8, 4) is 0 Å². The highest BCUT2D eigenvalue weighted by Crippen LogP contribution is 2.37. The number of carboxylic acids is 1. The van der Waals surface area contributed by atoms with E-state index in [1.54, 1.807) is 0 Å². The minimum atomic E-state index is -3.83. The van der Waals surface area contributed by atoms with Gasteiger partial charge in [-0.2, -0.15) is 0 Å². The Labute approximate surface area is 129 Å². The van der Waals surface area contributed by atoms with E-state index in [1.165, 1.54) is 12.1 Å². The number of hydrogen-bond donors (Lipinski definition) is 2. The van der Waals surface area contributed by atoms with Crippen molar-refractivity contribution in [2.24, 2.45) is 5.41 Å². The summed E-state index contributed by atoms with van der Waals surface area (Å²) in [6.07, 6.45) is 2.47. The quantitative estimate of drug-likeness (QED) is 0.888. The van der Waals surface area contributed by atoms with Gasteiger partial charge in [-0.05, 0) is 42.9 Å². The van der Waals surface area contributed by atoms with Gasteiger partial charge in [-0.3, -0.25) is 0 Å². The molecule has 2 rings (SSSR count). The average Bonchev–Trinajstić information content (AvgIpc) is 2.67. The average molecular weight is 332 g/mol. The third-order valence-corrected chi connectivity index (χ3v) is 5.76. The SMILES string of the molecule is CC1(C)CCC(NS(=O)(=O)c2cc(C(=O)O)ccc2Cl)C1. The number of carbonyl (C=O) groups is 1. The molecule has 0 radical (unpaired) electrons.